The zero-order chi connectivity index (χ0) is 17.1. The first-order valence-electron chi connectivity index (χ1n) is 9.18. The van der Waals surface area contributed by atoms with Gasteiger partial charge in [-0.2, -0.15) is 0 Å². The fourth-order valence-corrected chi connectivity index (χ4v) is 3.83. The first kappa shape index (κ1) is 16.7. The van der Waals surface area contributed by atoms with Crippen LogP contribution in [0.4, 0.5) is 0 Å². The summed E-state index contributed by atoms with van der Waals surface area (Å²) in [6.07, 6.45) is 6.07. The highest BCUT2D eigenvalue weighted by atomic mass is 16.5. The minimum Gasteiger partial charge on any atom is -0.379 e. The Kier molecular flexibility index (Phi) is 5.09. The molecule has 0 aliphatic carbocycles. The van der Waals surface area contributed by atoms with E-state index < -0.39 is 0 Å². The topological polar surface area (TPSA) is 75.1 Å². The van der Waals surface area contributed by atoms with Crippen LogP contribution in [0.5, 0.6) is 0 Å². The molecule has 8 nitrogen and oxygen atoms in total. The smallest absolute Gasteiger partial charge is 0.146 e. The van der Waals surface area contributed by atoms with Gasteiger partial charge in [0.1, 0.15) is 17.5 Å². The molecular weight excluding hydrogens is 318 g/mol. The Morgan fingerprint density at radius 3 is 2.84 bits per heavy atom. The third-order valence-electron chi connectivity index (χ3n) is 5.27. The van der Waals surface area contributed by atoms with Gasteiger partial charge in [-0.3, -0.25) is 9.80 Å². The van der Waals surface area contributed by atoms with E-state index in [4.69, 9.17) is 4.74 Å². The number of morpholine rings is 1. The summed E-state index contributed by atoms with van der Waals surface area (Å²) in [6, 6.07) is 0. The molecule has 0 unspecified atom stereocenters. The van der Waals surface area contributed by atoms with Crippen LogP contribution in [0.25, 0.3) is 0 Å². The Morgan fingerprint density at radius 2 is 2.04 bits per heavy atom. The number of hydrogen-bond acceptors (Lipinski definition) is 6. The maximum absolute atomic E-state index is 5.43. The van der Waals surface area contributed by atoms with E-state index in [0.717, 1.165) is 70.0 Å². The second-order valence-electron chi connectivity index (χ2n) is 7.03. The van der Waals surface area contributed by atoms with E-state index in [9.17, 15) is 0 Å². The SMILES string of the molecule is Cn1c(CN2CCOCC2)nnc1[C@H]1CCCN(Cc2ncc[nH]2)C1. The van der Waals surface area contributed by atoms with E-state index in [-0.39, 0.29) is 0 Å². The number of imidazole rings is 1. The molecule has 1 atom stereocenters. The molecule has 2 aliphatic heterocycles. The van der Waals surface area contributed by atoms with Crippen molar-refractivity contribution in [3.8, 4) is 0 Å². The molecule has 4 heterocycles. The number of aromatic nitrogens is 5. The van der Waals surface area contributed by atoms with Crippen LogP contribution in [0, 0.1) is 0 Å². The van der Waals surface area contributed by atoms with Crippen LogP contribution in [0.1, 0.15) is 36.2 Å². The fraction of sp³-hybridized carbons (Fsp3) is 0.706. The number of rotatable bonds is 5. The molecule has 0 amide bonds. The van der Waals surface area contributed by atoms with Crippen molar-refractivity contribution < 1.29 is 4.74 Å². The van der Waals surface area contributed by atoms with Crippen LogP contribution < -0.4 is 0 Å². The normalized spacial score (nSPS) is 23.2. The number of H-pyrrole nitrogens is 1. The first-order chi connectivity index (χ1) is 12.3. The van der Waals surface area contributed by atoms with Gasteiger partial charge in [0.2, 0.25) is 0 Å². The van der Waals surface area contributed by atoms with E-state index in [1.807, 2.05) is 12.4 Å². The van der Waals surface area contributed by atoms with Crippen molar-refractivity contribution in [3.63, 3.8) is 0 Å². The van der Waals surface area contributed by atoms with Crippen molar-refractivity contribution in [2.45, 2.75) is 31.8 Å². The fourth-order valence-electron chi connectivity index (χ4n) is 3.83. The summed E-state index contributed by atoms with van der Waals surface area (Å²) in [7, 11) is 2.11. The Labute approximate surface area is 148 Å². The van der Waals surface area contributed by atoms with Gasteiger partial charge in [-0.25, -0.2) is 4.98 Å². The molecule has 0 saturated carbocycles. The predicted octanol–water partition coefficient (Wildman–Crippen LogP) is 0.750. The summed E-state index contributed by atoms with van der Waals surface area (Å²) in [4.78, 5) is 12.4. The number of aromatic amines is 1. The number of hydrogen-bond donors (Lipinski definition) is 1. The molecule has 1 N–H and O–H groups in total. The van der Waals surface area contributed by atoms with E-state index in [2.05, 4.69) is 41.6 Å². The lowest BCUT2D eigenvalue weighted by Crippen LogP contribution is -2.36. The number of likely N-dealkylation sites (tertiary alicyclic amines) is 1. The van der Waals surface area contributed by atoms with Crippen LogP contribution in [0.15, 0.2) is 12.4 Å². The second-order valence-corrected chi connectivity index (χ2v) is 7.03. The quantitative estimate of drug-likeness (QED) is 0.862. The van der Waals surface area contributed by atoms with Crippen LogP contribution in [-0.4, -0.2) is 73.9 Å². The Morgan fingerprint density at radius 1 is 1.16 bits per heavy atom. The molecule has 0 bridgehead atoms. The maximum Gasteiger partial charge on any atom is 0.146 e. The Balaban J connectivity index is 1.40. The van der Waals surface area contributed by atoms with Gasteiger partial charge in [-0.15, -0.1) is 10.2 Å². The number of piperidine rings is 1. The maximum atomic E-state index is 5.43. The lowest BCUT2D eigenvalue weighted by Gasteiger charge is -2.31. The molecule has 136 valence electrons. The summed E-state index contributed by atoms with van der Waals surface area (Å²) in [5, 5.41) is 9.02. The summed E-state index contributed by atoms with van der Waals surface area (Å²) in [6.45, 7) is 7.45. The zero-order valence-corrected chi connectivity index (χ0v) is 14.9. The lowest BCUT2D eigenvalue weighted by atomic mass is 9.97. The first-order valence-corrected chi connectivity index (χ1v) is 9.18. The average molecular weight is 345 g/mol. The van der Waals surface area contributed by atoms with Gasteiger partial charge in [0.15, 0.2) is 0 Å². The summed E-state index contributed by atoms with van der Waals surface area (Å²) >= 11 is 0. The van der Waals surface area contributed by atoms with Crippen molar-refractivity contribution in [2.24, 2.45) is 7.05 Å². The Hall–Kier alpha value is -1.77. The molecular formula is C17H27N7O. The summed E-state index contributed by atoms with van der Waals surface area (Å²) < 4.78 is 7.63. The van der Waals surface area contributed by atoms with Crippen molar-refractivity contribution in [1.82, 2.24) is 34.5 Å². The molecule has 0 spiro atoms. The zero-order valence-electron chi connectivity index (χ0n) is 14.9. The molecule has 8 heteroatoms. The minimum atomic E-state index is 0.444. The highest BCUT2D eigenvalue weighted by Crippen LogP contribution is 2.26. The molecule has 2 saturated heterocycles. The molecule has 2 aromatic heterocycles. The predicted molar refractivity (Wildman–Crippen MR) is 92.9 cm³/mol. The lowest BCUT2D eigenvalue weighted by molar-refractivity contribution is 0.0326. The summed E-state index contributed by atoms with van der Waals surface area (Å²) in [5.41, 5.74) is 0. The van der Waals surface area contributed by atoms with E-state index in [0.29, 0.717) is 5.92 Å². The van der Waals surface area contributed by atoms with Crippen LogP contribution in [0.3, 0.4) is 0 Å². The van der Waals surface area contributed by atoms with Crippen molar-refractivity contribution in [3.05, 3.63) is 29.9 Å². The third kappa shape index (κ3) is 3.91. The van der Waals surface area contributed by atoms with E-state index in [1.165, 1.54) is 12.8 Å². The Bertz CT molecular complexity index is 663. The monoisotopic (exact) mass is 345 g/mol. The van der Waals surface area contributed by atoms with Crippen molar-refractivity contribution in [2.75, 3.05) is 39.4 Å². The van der Waals surface area contributed by atoms with E-state index >= 15 is 0 Å². The largest absolute Gasteiger partial charge is 0.379 e. The average Bonchev–Trinajstić information content (AvgIpc) is 3.27. The number of ether oxygens (including phenoxy) is 1. The third-order valence-corrected chi connectivity index (χ3v) is 5.27. The highest BCUT2D eigenvalue weighted by molar-refractivity contribution is 5.04. The van der Waals surface area contributed by atoms with E-state index in [1.54, 1.807) is 0 Å². The minimum absolute atomic E-state index is 0.444. The molecule has 2 aromatic rings. The van der Waals surface area contributed by atoms with Crippen molar-refractivity contribution in [1.29, 1.82) is 0 Å². The number of nitrogens with zero attached hydrogens (tertiary/aromatic N) is 6. The van der Waals surface area contributed by atoms with Gasteiger partial charge in [-0.05, 0) is 19.4 Å². The highest BCUT2D eigenvalue weighted by Gasteiger charge is 2.26. The molecule has 0 radical (unpaired) electrons. The van der Waals surface area contributed by atoms with Crippen LogP contribution in [0.2, 0.25) is 0 Å². The van der Waals surface area contributed by atoms with Gasteiger partial charge in [0.25, 0.3) is 0 Å². The summed E-state index contributed by atoms with van der Waals surface area (Å²) in [5.74, 6) is 3.65. The van der Waals surface area contributed by atoms with Crippen LogP contribution >= 0.6 is 0 Å². The molecule has 2 aliphatic rings. The van der Waals surface area contributed by atoms with Gasteiger partial charge in [0.05, 0.1) is 26.3 Å². The van der Waals surface area contributed by atoms with Gasteiger partial charge < -0.3 is 14.3 Å². The molecule has 4 rings (SSSR count). The number of nitrogens with one attached hydrogen (secondary N) is 1. The standard InChI is InChI=1S/C17H27N7O/c1-22-16(13-23-7-9-25-10-8-23)20-21-17(22)14-3-2-6-24(11-14)12-15-18-4-5-19-15/h4-5,14H,2-3,6-13H2,1H3,(H,18,19)/t14-/m0/s1. The van der Waals surface area contributed by atoms with Gasteiger partial charge in [-0.1, -0.05) is 0 Å². The second kappa shape index (κ2) is 7.63. The van der Waals surface area contributed by atoms with Gasteiger partial charge >= 0.3 is 0 Å². The molecule has 0 aromatic carbocycles. The van der Waals surface area contributed by atoms with Crippen molar-refractivity contribution >= 4 is 0 Å². The molecule has 2 fully saturated rings. The van der Waals surface area contributed by atoms with Crippen LogP contribution in [-0.2, 0) is 24.9 Å². The van der Waals surface area contributed by atoms with Gasteiger partial charge in [0, 0.05) is 45.0 Å². The molecule has 25 heavy (non-hydrogen) atoms.